The Balaban J connectivity index is 2.07. The average Bonchev–Trinajstić information content (AvgIpc) is 2.69. The molecule has 2 rings (SSSR count). The Kier molecular flexibility index (Phi) is 3.48. The fourth-order valence-electron chi connectivity index (χ4n) is 2.29. The van der Waals surface area contributed by atoms with E-state index in [9.17, 15) is 4.79 Å². The van der Waals surface area contributed by atoms with Gasteiger partial charge in [0.15, 0.2) is 0 Å². The van der Waals surface area contributed by atoms with Crippen molar-refractivity contribution in [3.05, 3.63) is 34.9 Å². The highest BCUT2D eigenvalue weighted by Gasteiger charge is 2.26. The van der Waals surface area contributed by atoms with Gasteiger partial charge in [0.1, 0.15) is 5.60 Å². The Labute approximate surface area is 113 Å². The van der Waals surface area contributed by atoms with Crippen molar-refractivity contribution < 1.29 is 9.53 Å². The largest absolute Gasteiger partial charge is 0.444 e. The smallest absolute Gasteiger partial charge is 0.408 e. The predicted octanol–water partition coefficient (Wildman–Crippen LogP) is 3.07. The van der Waals surface area contributed by atoms with Crippen LogP contribution in [0.25, 0.3) is 0 Å². The molecule has 1 amide bonds. The van der Waals surface area contributed by atoms with Crippen molar-refractivity contribution in [1.82, 2.24) is 5.32 Å². The van der Waals surface area contributed by atoms with E-state index in [1.54, 1.807) is 6.07 Å². The quantitative estimate of drug-likeness (QED) is 0.842. The van der Waals surface area contributed by atoms with Crippen molar-refractivity contribution in [2.75, 3.05) is 0 Å². The molecular weight excluding hydrogens is 240 g/mol. The van der Waals surface area contributed by atoms with Crippen LogP contribution in [0, 0.1) is 11.3 Å². The predicted molar refractivity (Wildman–Crippen MR) is 71.6 cm³/mol. The number of hydrogen-bond acceptors (Lipinski definition) is 3. The molecule has 4 nitrogen and oxygen atoms in total. The number of nitrogens with one attached hydrogen (secondary N) is 1. The minimum atomic E-state index is -0.490. The molecule has 1 aromatic rings. The lowest BCUT2D eigenvalue weighted by molar-refractivity contribution is 0.0503. The van der Waals surface area contributed by atoms with E-state index in [2.05, 4.69) is 11.4 Å². The van der Waals surface area contributed by atoms with Gasteiger partial charge in [0.05, 0.1) is 17.7 Å². The van der Waals surface area contributed by atoms with E-state index in [-0.39, 0.29) is 6.04 Å². The maximum Gasteiger partial charge on any atom is 0.408 e. The van der Waals surface area contributed by atoms with Crippen molar-refractivity contribution in [2.24, 2.45) is 0 Å². The van der Waals surface area contributed by atoms with Crippen LogP contribution in [-0.4, -0.2) is 11.7 Å². The first-order valence-corrected chi connectivity index (χ1v) is 6.41. The Morgan fingerprint density at radius 3 is 2.84 bits per heavy atom. The normalized spacial score (nSPS) is 17.5. The van der Waals surface area contributed by atoms with Crippen LogP contribution in [0.5, 0.6) is 0 Å². The van der Waals surface area contributed by atoms with Gasteiger partial charge < -0.3 is 10.1 Å². The molecule has 0 radical (unpaired) electrons. The highest BCUT2D eigenvalue weighted by Crippen LogP contribution is 2.31. The molecule has 1 N–H and O–H groups in total. The summed E-state index contributed by atoms with van der Waals surface area (Å²) in [6.45, 7) is 5.52. The summed E-state index contributed by atoms with van der Waals surface area (Å²) in [6, 6.07) is 7.72. The second-order valence-electron chi connectivity index (χ2n) is 5.76. The van der Waals surface area contributed by atoms with Gasteiger partial charge in [-0.2, -0.15) is 5.26 Å². The second-order valence-corrected chi connectivity index (χ2v) is 5.76. The van der Waals surface area contributed by atoms with Gasteiger partial charge in [-0.1, -0.05) is 6.07 Å². The standard InChI is InChI=1S/C15H18N2O2/c1-15(2,3)19-14(18)17-13-7-5-11-8-10(9-16)4-6-12(11)13/h4,6,8,13H,5,7H2,1-3H3,(H,17,18). The molecular formula is C15H18N2O2. The monoisotopic (exact) mass is 258 g/mol. The van der Waals surface area contributed by atoms with Crippen LogP contribution in [0.4, 0.5) is 4.79 Å². The minimum Gasteiger partial charge on any atom is -0.444 e. The number of carbonyl (C=O) groups is 1. The number of benzene rings is 1. The lowest BCUT2D eigenvalue weighted by Crippen LogP contribution is -2.34. The fraction of sp³-hybridized carbons (Fsp3) is 0.467. The number of rotatable bonds is 1. The molecule has 4 heteroatoms. The van der Waals surface area contributed by atoms with Gasteiger partial charge in [-0.3, -0.25) is 0 Å². The number of alkyl carbamates (subject to hydrolysis) is 1. The van der Waals surface area contributed by atoms with E-state index < -0.39 is 11.7 Å². The number of ether oxygens (including phenoxy) is 1. The molecule has 1 atom stereocenters. The summed E-state index contributed by atoms with van der Waals surface area (Å²) in [7, 11) is 0. The van der Waals surface area contributed by atoms with Crippen LogP contribution in [-0.2, 0) is 11.2 Å². The van der Waals surface area contributed by atoms with Crippen LogP contribution >= 0.6 is 0 Å². The van der Waals surface area contributed by atoms with Crippen LogP contribution in [0.3, 0.4) is 0 Å². The van der Waals surface area contributed by atoms with Crippen molar-refractivity contribution in [1.29, 1.82) is 5.26 Å². The molecule has 0 saturated heterocycles. The zero-order chi connectivity index (χ0) is 14.0. The summed E-state index contributed by atoms with van der Waals surface area (Å²) in [5.41, 5.74) is 2.40. The Morgan fingerprint density at radius 2 is 2.21 bits per heavy atom. The van der Waals surface area contributed by atoms with Gasteiger partial charge in [-0.25, -0.2) is 4.79 Å². The molecule has 1 aromatic carbocycles. The number of amides is 1. The Morgan fingerprint density at radius 1 is 1.47 bits per heavy atom. The summed E-state index contributed by atoms with van der Waals surface area (Å²) in [5.74, 6) is 0. The highest BCUT2D eigenvalue weighted by molar-refractivity contribution is 5.68. The van der Waals surface area contributed by atoms with Crippen LogP contribution in [0.15, 0.2) is 18.2 Å². The Bertz CT molecular complexity index is 538. The molecule has 100 valence electrons. The highest BCUT2D eigenvalue weighted by atomic mass is 16.6. The summed E-state index contributed by atoms with van der Waals surface area (Å²) in [5, 5.41) is 11.8. The van der Waals surface area contributed by atoms with E-state index in [1.165, 1.54) is 0 Å². The number of hydrogen-bond donors (Lipinski definition) is 1. The summed E-state index contributed by atoms with van der Waals surface area (Å²) in [4.78, 5) is 11.8. The molecule has 0 heterocycles. The number of fused-ring (bicyclic) bond motifs is 1. The zero-order valence-corrected chi connectivity index (χ0v) is 11.5. The van der Waals surface area contributed by atoms with Crippen molar-refractivity contribution >= 4 is 6.09 Å². The molecule has 1 unspecified atom stereocenters. The van der Waals surface area contributed by atoms with Gasteiger partial charge in [-0.05, 0) is 56.9 Å². The lowest BCUT2D eigenvalue weighted by atomic mass is 10.1. The van der Waals surface area contributed by atoms with Gasteiger partial charge >= 0.3 is 6.09 Å². The van der Waals surface area contributed by atoms with Crippen molar-refractivity contribution in [3.8, 4) is 6.07 Å². The van der Waals surface area contributed by atoms with Gasteiger partial charge in [-0.15, -0.1) is 0 Å². The van der Waals surface area contributed by atoms with Gasteiger partial charge in [0.25, 0.3) is 0 Å². The maximum atomic E-state index is 11.8. The second kappa shape index (κ2) is 4.93. The zero-order valence-electron chi connectivity index (χ0n) is 11.5. The first kappa shape index (κ1) is 13.4. The van der Waals surface area contributed by atoms with Crippen molar-refractivity contribution in [3.63, 3.8) is 0 Å². The number of carbonyl (C=O) groups excluding carboxylic acids is 1. The molecule has 0 saturated carbocycles. The number of aryl methyl sites for hydroxylation is 1. The molecule has 0 spiro atoms. The number of nitrogens with zero attached hydrogens (tertiary/aromatic N) is 1. The van der Waals surface area contributed by atoms with E-state index in [0.717, 1.165) is 24.0 Å². The fourth-order valence-corrected chi connectivity index (χ4v) is 2.29. The molecule has 1 aliphatic carbocycles. The lowest BCUT2D eigenvalue weighted by Gasteiger charge is -2.22. The molecule has 1 aliphatic rings. The molecule has 0 bridgehead atoms. The third-order valence-corrected chi connectivity index (χ3v) is 3.04. The van der Waals surface area contributed by atoms with Crippen LogP contribution in [0.2, 0.25) is 0 Å². The summed E-state index contributed by atoms with van der Waals surface area (Å²) in [6.07, 6.45) is 1.34. The SMILES string of the molecule is CC(C)(C)OC(=O)NC1CCc2cc(C#N)ccc21. The van der Waals surface area contributed by atoms with E-state index in [4.69, 9.17) is 10.00 Å². The van der Waals surface area contributed by atoms with E-state index in [0.29, 0.717) is 5.56 Å². The molecule has 0 aliphatic heterocycles. The van der Waals surface area contributed by atoms with Crippen LogP contribution < -0.4 is 5.32 Å². The van der Waals surface area contributed by atoms with Crippen LogP contribution in [0.1, 0.15) is 49.9 Å². The molecule has 19 heavy (non-hydrogen) atoms. The third-order valence-electron chi connectivity index (χ3n) is 3.04. The summed E-state index contributed by atoms with van der Waals surface area (Å²) < 4.78 is 5.26. The maximum absolute atomic E-state index is 11.8. The topological polar surface area (TPSA) is 62.1 Å². The minimum absolute atomic E-state index is 0.0161. The van der Waals surface area contributed by atoms with Gasteiger partial charge in [0, 0.05) is 0 Å². The molecule has 0 aromatic heterocycles. The van der Waals surface area contributed by atoms with E-state index >= 15 is 0 Å². The first-order chi connectivity index (χ1) is 8.89. The van der Waals surface area contributed by atoms with Gasteiger partial charge in [0.2, 0.25) is 0 Å². The van der Waals surface area contributed by atoms with Crippen molar-refractivity contribution in [2.45, 2.75) is 45.3 Å². The number of nitriles is 1. The van der Waals surface area contributed by atoms with E-state index in [1.807, 2.05) is 32.9 Å². The Hall–Kier alpha value is -2.02. The third kappa shape index (κ3) is 3.25. The average molecular weight is 258 g/mol. The summed E-state index contributed by atoms with van der Waals surface area (Å²) >= 11 is 0. The molecule has 0 fully saturated rings. The first-order valence-electron chi connectivity index (χ1n) is 6.41.